The molecule has 2 rings (SSSR count). The van der Waals surface area contributed by atoms with Crippen LogP contribution < -0.4 is 10.6 Å². The number of aryl methyl sites for hydroxylation is 2. The fourth-order valence-electron chi connectivity index (χ4n) is 1.74. The van der Waals surface area contributed by atoms with Crippen molar-refractivity contribution in [1.82, 2.24) is 9.97 Å². The normalized spacial score (nSPS) is 10.1. The zero-order valence-electron chi connectivity index (χ0n) is 11.2. The number of carbonyl (C=O) groups excluding carboxylic acids is 1. The summed E-state index contributed by atoms with van der Waals surface area (Å²) in [7, 11) is 1.77. The Labute approximate surface area is 112 Å². The summed E-state index contributed by atoms with van der Waals surface area (Å²) in [6.45, 7) is 3.76. The van der Waals surface area contributed by atoms with Crippen LogP contribution in [-0.2, 0) is 0 Å². The Morgan fingerprint density at radius 1 is 1.21 bits per heavy atom. The SMILES string of the molecule is CNc1cc(C)ncc1C(=O)Nc1cccc(C)n1. The summed E-state index contributed by atoms with van der Waals surface area (Å²) < 4.78 is 0. The number of hydrogen-bond acceptors (Lipinski definition) is 4. The minimum atomic E-state index is -0.227. The Kier molecular flexibility index (Phi) is 3.75. The van der Waals surface area contributed by atoms with Crippen LogP contribution in [0.5, 0.6) is 0 Å². The van der Waals surface area contributed by atoms with E-state index < -0.39 is 0 Å². The van der Waals surface area contributed by atoms with Crippen LogP contribution in [0.4, 0.5) is 11.5 Å². The molecule has 2 heterocycles. The quantitative estimate of drug-likeness (QED) is 0.884. The number of anilines is 2. The molecular formula is C14H16N4O. The smallest absolute Gasteiger partial charge is 0.260 e. The second-order valence-corrected chi connectivity index (χ2v) is 4.24. The van der Waals surface area contributed by atoms with E-state index in [-0.39, 0.29) is 5.91 Å². The van der Waals surface area contributed by atoms with Gasteiger partial charge < -0.3 is 10.6 Å². The van der Waals surface area contributed by atoms with E-state index in [1.807, 2.05) is 32.0 Å². The topological polar surface area (TPSA) is 66.9 Å². The molecule has 0 aromatic carbocycles. The number of amides is 1. The third-order valence-corrected chi connectivity index (χ3v) is 2.68. The number of carbonyl (C=O) groups is 1. The molecule has 0 radical (unpaired) electrons. The number of aromatic nitrogens is 2. The molecular weight excluding hydrogens is 240 g/mol. The maximum atomic E-state index is 12.2. The van der Waals surface area contributed by atoms with E-state index in [4.69, 9.17) is 0 Å². The lowest BCUT2D eigenvalue weighted by Gasteiger charge is -2.10. The van der Waals surface area contributed by atoms with Gasteiger partial charge in [-0.1, -0.05) is 6.07 Å². The summed E-state index contributed by atoms with van der Waals surface area (Å²) in [6, 6.07) is 7.32. The van der Waals surface area contributed by atoms with Crippen molar-refractivity contribution >= 4 is 17.4 Å². The molecule has 0 aliphatic carbocycles. The first-order chi connectivity index (χ1) is 9.10. The first-order valence-corrected chi connectivity index (χ1v) is 5.99. The zero-order chi connectivity index (χ0) is 13.8. The fraction of sp³-hybridized carbons (Fsp3) is 0.214. The highest BCUT2D eigenvalue weighted by Crippen LogP contribution is 2.16. The van der Waals surface area contributed by atoms with Gasteiger partial charge in [0.25, 0.3) is 5.91 Å². The standard InChI is InChI=1S/C14H16N4O/c1-9-5-4-6-13(17-9)18-14(19)11-8-16-10(2)7-12(11)15-3/h4-8H,1-3H3,(H,15,16)(H,17,18,19). The average Bonchev–Trinajstić information content (AvgIpc) is 2.38. The fourth-order valence-corrected chi connectivity index (χ4v) is 1.74. The number of hydrogen-bond donors (Lipinski definition) is 2. The Balaban J connectivity index is 2.25. The first-order valence-electron chi connectivity index (χ1n) is 5.99. The second kappa shape index (κ2) is 5.48. The molecule has 0 unspecified atom stereocenters. The molecule has 2 aromatic heterocycles. The van der Waals surface area contributed by atoms with Crippen molar-refractivity contribution in [3.05, 3.63) is 47.4 Å². The van der Waals surface area contributed by atoms with Crippen LogP contribution in [0.15, 0.2) is 30.5 Å². The molecule has 0 spiro atoms. The van der Waals surface area contributed by atoms with Gasteiger partial charge in [0.15, 0.2) is 0 Å². The van der Waals surface area contributed by atoms with Crippen molar-refractivity contribution in [3.63, 3.8) is 0 Å². The number of nitrogens with one attached hydrogen (secondary N) is 2. The highest BCUT2D eigenvalue weighted by Gasteiger charge is 2.12. The molecule has 2 aromatic rings. The van der Waals surface area contributed by atoms with Crippen LogP contribution in [0.25, 0.3) is 0 Å². The summed E-state index contributed by atoms with van der Waals surface area (Å²) in [5.74, 6) is 0.308. The third kappa shape index (κ3) is 3.07. The van der Waals surface area contributed by atoms with Crippen LogP contribution in [0.1, 0.15) is 21.7 Å². The Bertz CT molecular complexity index is 610. The lowest BCUT2D eigenvalue weighted by atomic mass is 10.2. The molecule has 5 nitrogen and oxygen atoms in total. The van der Waals surface area contributed by atoms with Crippen molar-refractivity contribution in [2.45, 2.75) is 13.8 Å². The van der Waals surface area contributed by atoms with Gasteiger partial charge in [0.2, 0.25) is 0 Å². The minimum Gasteiger partial charge on any atom is -0.387 e. The minimum absolute atomic E-state index is 0.227. The van der Waals surface area contributed by atoms with Gasteiger partial charge >= 0.3 is 0 Å². The van der Waals surface area contributed by atoms with Crippen LogP contribution >= 0.6 is 0 Å². The van der Waals surface area contributed by atoms with E-state index in [2.05, 4.69) is 20.6 Å². The average molecular weight is 256 g/mol. The number of rotatable bonds is 3. The van der Waals surface area contributed by atoms with Gasteiger partial charge in [-0.15, -0.1) is 0 Å². The van der Waals surface area contributed by atoms with Crippen molar-refractivity contribution < 1.29 is 4.79 Å². The monoisotopic (exact) mass is 256 g/mol. The molecule has 0 atom stereocenters. The molecule has 0 aliphatic rings. The molecule has 2 N–H and O–H groups in total. The lowest BCUT2D eigenvalue weighted by Crippen LogP contribution is -2.15. The second-order valence-electron chi connectivity index (χ2n) is 4.24. The number of nitrogens with zero attached hydrogens (tertiary/aromatic N) is 2. The molecule has 0 bridgehead atoms. The summed E-state index contributed by atoms with van der Waals surface area (Å²) in [5.41, 5.74) is 2.96. The van der Waals surface area contributed by atoms with Gasteiger partial charge in [0.05, 0.1) is 11.3 Å². The van der Waals surface area contributed by atoms with E-state index in [1.54, 1.807) is 19.3 Å². The molecule has 19 heavy (non-hydrogen) atoms. The highest BCUT2D eigenvalue weighted by molar-refractivity contribution is 6.07. The Hall–Kier alpha value is -2.43. The van der Waals surface area contributed by atoms with Crippen LogP contribution in [0, 0.1) is 13.8 Å². The number of pyridine rings is 2. The van der Waals surface area contributed by atoms with Crippen molar-refractivity contribution in [3.8, 4) is 0 Å². The summed E-state index contributed by atoms with van der Waals surface area (Å²) in [5, 5.41) is 5.76. The maximum Gasteiger partial charge on any atom is 0.260 e. The van der Waals surface area contributed by atoms with Gasteiger partial charge in [0.1, 0.15) is 5.82 Å². The third-order valence-electron chi connectivity index (χ3n) is 2.68. The van der Waals surface area contributed by atoms with E-state index >= 15 is 0 Å². The van der Waals surface area contributed by atoms with Gasteiger partial charge in [-0.25, -0.2) is 4.98 Å². The highest BCUT2D eigenvalue weighted by atomic mass is 16.1. The predicted molar refractivity (Wildman–Crippen MR) is 75.4 cm³/mol. The lowest BCUT2D eigenvalue weighted by molar-refractivity contribution is 0.102. The Morgan fingerprint density at radius 3 is 2.68 bits per heavy atom. The zero-order valence-corrected chi connectivity index (χ0v) is 11.2. The van der Waals surface area contributed by atoms with Gasteiger partial charge in [0, 0.05) is 24.6 Å². The molecule has 0 saturated carbocycles. The van der Waals surface area contributed by atoms with Gasteiger partial charge in [-0.05, 0) is 32.0 Å². The van der Waals surface area contributed by atoms with Crippen molar-refractivity contribution in [2.75, 3.05) is 17.7 Å². The largest absolute Gasteiger partial charge is 0.387 e. The summed E-state index contributed by atoms with van der Waals surface area (Å²) >= 11 is 0. The molecule has 1 amide bonds. The van der Waals surface area contributed by atoms with Crippen LogP contribution in [0.3, 0.4) is 0 Å². The van der Waals surface area contributed by atoms with Crippen molar-refractivity contribution in [1.29, 1.82) is 0 Å². The maximum absolute atomic E-state index is 12.2. The van der Waals surface area contributed by atoms with Gasteiger partial charge in [-0.3, -0.25) is 9.78 Å². The van der Waals surface area contributed by atoms with E-state index in [0.29, 0.717) is 11.4 Å². The van der Waals surface area contributed by atoms with E-state index in [9.17, 15) is 4.79 Å². The van der Waals surface area contributed by atoms with Crippen molar-refractivity contribution in [2.24, 2.45) is 0 Å². The van der Waals surface area contributed by atoms with Crippen LogP contribution in [0.2, 0.25) is 0 Å². The molecule has 0 fully saturated rings. The molecule has 0 saturated heterocycles. The molecule has 5 heteroatoms. The molecule has 0 aliphatic heterocycles. The van der Waals surface area contributed by atoms with Crippen LogP contribution in [-0.4, -0.2) is 22.9 Å². The van der Waals surface area contributed by atoms with E-state index in [1.165, 1.54) is 0 Å². The first kappa shape index (κ1) is 13.0. The summed E-state index contributed by atoms with van der Waals surface area (Å²) in [4.78, 5) is 20.6. The van der Waals surface area contributed by atoms with Gasteiger partial charge in [-0.2, -0.15) is 0 Å². The van der Waals surface area contributed by atoms with E-state index in [0.717, 1.165) is 17.1 Å². The summed E-state index contributed by atoms with van der Waals surface area (Å²) in [6.07, 6.45) is 1.56. The Morgan fingerprint density at radius 2 is 2.00 bits per heavy atom. The molecule has 98 valence electrons. The predicted octanol–water partition coefficient (Wildman–Crippen LogP) is 2.39.